The van der Waals surface area contributed by atoms with E-state index in [1.54, 1.807) is 36.9 Å². The Bertz CT molecular complexity index is 2860. The second kappa shape index (κ2) is 24.8. The van der Waals surface area contributed by atoms with Crippen LogP contribution in [-0.4, -0.2) is 29.9 Å². The predicted molar refractivity (Wildman–Crippen MR) is 265 cm³/mol. The van der Waals surface area contributed by atoms with Crippen molar-refractivity contribution in [2.24, 2.45) is 0 Å². The molecule has 6 aromatic heterocycles. The van der Waals surface area contributed by atoms with Gasteiger partial charge in [-0.15, -0.1) is 0 Å². The van der Waals surface area contributed by atoms with E-state index in [0.717, 1.165) is 67.8 Å². The average Bonchev–Trinajstić information content (AvgIpc) is 3.31. The van der Waals surface area contributed by atoms with E-state index >= 15 is 0 Å². The van der Waals surface area contributed by atoms with E-state index in [9.17, 15) is 75.5 Å². The van der Waals surface area contributed by atoms with E-state index in [1.165, 1.54) is 25.0 Å². The van der Waals surface area contributed by atoms with Crippen LogP contribution in [0, 0.1) is 36.5 Å². The molecule has 2 aromatic carbocycles. The molecule has 0 unspecified atom stereocenters. The first kappa shape index (κ1) is 69.0. The molecule has 0 radical (unpaired) electrons. The van der Waals surface area contributed by atoms with Crippen molar-refractivity contribution in [3.8, 4) is 79.9 Å². The molecular formula is C48H40F18IrN8P3. The van der Waals surface area contributed by atoms with Crippen LogP contribution in [-0.2, 0) is 20.1 Å². The normalized spacial score (nSPS) is 13.2. The molecule has 0 saturated heterocycles. The maximum absolute atomic E-state index is 10.7. The van der Waals surface area contributed by atoms with Gasteiger partial charge in [0.15, 0.2) is 0 Å². The average molecular weight is 1360 g/mol. The first-order valence-electron chi connectivity index (χ1n) is 20.9. The van der Waals surface area contributed by atoms with Crippen molar-refractivity contribution >= 4 is 23.4 Å². The van der Waals surface area contributed by atoms with Gasteiger partial charge in [0.05, 0.1) is 57.7 Å². The molecule has 0 fully saturated rings. The monoisotopic (exact) mass is 1360 g/mol. The molecule has 0 aliphatic rings. The number of pyridine rings is 6. The Balaban J connectivity index is 0.000000532. The predicted octanol–water partition coefficient (Wildman–Crippen LogP) is 21.6. The smallest absolute Gasteiger partial charge is 3.00 e. The molecule has 0 aliphatic heterocycles. The summed E-state index contributed by atoms with van der Waals surface area (Å²) in [6, 6.07) is 52.3. The number of aromatic nitrogens is 6. The Kier molecular flexibility index (Phi) is 21.9. The van der Waals surface area contributed by atoms with E-state index in [0.29, 0.717) is 0 Å². The fraction of sp³-hybridized carbons (Fsp3) is 0.0833. The summed E-state index contributed by atoms with van der Waals surface area (Å²) in [6.45, 7) is 7.05. The standard InChI is InChI=1S/2C22H17N3.2C2H3N.3F6P.Ir/c2*1-16-8-10-17(11-9-16)18-14-21(19-6-2-4-12-23-19)25-22(15-18)20-7-3-5-13-24-20;2*1-2-3;3*1-7(2,3,4,5)6;/h2*2-15H,1H3;2*1H3;;;;/q;;;;3*-1;+3. The number of halogens is 18. The summed E-state index contributed by atoms with van der Waals surface area (Å²) < 4.78 is 178. The summed E-state index contributed by atoms with van der Waals surface area (Å²) in [4.78, 5) is 27.4. The Morgan fingerprint density at radius 3 is 0.641 bits per heavy atom. The van der Waals surface area contributed by atoms with Crippen molar-refractivity contribution in [1.82, 2.24) is 29.9 Å². The SMILES string of the molecule is CC#N.CC#N.Cc1ccc(-c2cc(-c3ccccn3)nc(-c3ccccn3)c2)cc1.Cc1ccc(-c2cc(-c3ccccn3)nc(-c3ccccn3)c2)cc1.F[P-](F)(F)(F)(F)F.F[P-](F)(F)(F)(F)F.F[P-](F)(F)(F)(F)F.[Ir+3]. The van der Waals surface area contributed by atoms with Crippen molar-refractivity contribution in [3.05, 3.63) is 182 Å². The van der Waals surface area contributed by atoms with Gasteiger partial charge in [-0.2, -0.15) is 10.5 Å². The van der Waals surface area contributed by atoms with Gasteiger partial charge in [0.2, 0.25) is 0 Å². The molecule has 8 rings (SSSR count). The third-order valence-corrected chi connectivity index (χ3v) is 8.13. The number of hydrogen-bond acceptors (Lipinski definition) is 8. The Hall–Kier alpha value is -7.00. The Morgan fingerprint density at radius 2 is 0.487 bits per heavy atom. The molecule has 0 spiro atoms. The zero-order chi connectivity index (χ0) is 58.8. The second-order valence-corrected chi connectivity index (χ2v) is 20.9. The fourth-order valence-corrected chi connectivity index (χ4v) is 5.47. The summed E-state index contributed by atoms with van der Waals surface area (Å²) in [5.41, 5.74) is 13.8. The summed E-state index contributed by atoms with van der Waals surface area (Å²) in [5, 5.41) is 14.6. The largest absolute Gasteiger partial charge is 3.00 e. The summed E-state index contributed by atoms with van der Waals surface area (Å²) >= 11 is 0. The van der Waals surface area contributed by atoms with Gasteiger partial charge in [-0.05, 0) is 109 Å². The number of nitrogens with zero attached hydrogens (tertiary/aromatic N) is 8. The molecule has 422 valence electrons. The minimum Gasteiger partial charge on any atom is 3.00 e. The number of hydrogen-bond donors (Lipinski definition) is 0. The minimum atomic E-state index is -10.7. The van der Waals surface area contributed by atoms with Gasteiger partial charge in [0, 0.05) is 38.6 Å². The van der Waals surface area contributed by atoms with Crippen molar-refractivity contribution in [2.75, 3.05) is 0 Å². The molecular weight excluding hydrogens is 1320 g/mol. The molecule has 0 bridgehead atoms. The van der Waals surface area contributed by atoms with Gasteiger partial charge in [-0.1, -0.05) is 83.9 Å². The van der Waals surface area contributed by atoms with Crippen LogP contribution in [0.4, 0.5) is 75.5 Å². The maximum atomic E-state index is 9.87. The number of benzene rings is 2. The minimum absolute atomic E-state index is 0. The van der Waals surface area contributed by atoms with Gasteiger partial charge in [-0.3, -0.25) is 19.9 Å². The molecule has 0 atom stereocenters. The van der Waals surface area contributed by atoms with Crippen LogP contribution in [0.3, 0.4) is 0 Å². The molecule has 8 nitrogen and oxygen atoms in total. The van der Waals surface area contributed by atoms with Gasteiger partial charge in [-0.25, -0.2) is 9.97 Å². The number of aryl methyl sites for hydroxylation is 2. The quantitative estimate of drug-likeness (QED) is 0.119. The van der Waals surface area contributed by atoms with Crippen LogP contribution in [0.1, 0.15) is 25.0 Å². The second-order valence-electron chi connectivity index (χ2n) is 15.2. The van der Waals surface area contributed by atoms with Crippen LogP contribution >= 0.6 is 23.4 Å². The summed E-state index contributed by atoms with van der Waals surface area (Å²) in [5.74, 6) is 0. The van der Waals surface area contributed by atoms with Crippen LogP contribution < -0.4 is 0 Å². The third-order valence-electron chi connectivity index (χ3n) is 8.13. The Labute approximate surface area is 447 Å². The van der Waals surface area contributed by atoms with E-state index < -0.39 is 23.4 Å². The van der Waals surface area contributed by atoms with E-state index in [-0.39, 0.29) is 20.1 Å². The molecule has 0 amide bonds. The van der Waals surface area contributed by atoms with Crippen molar-refractivity contribution in [1.29, 1.82) is 10.5 Å². The molecule has 8 aromatic rings. The van der Waals surface area contributed by atoms with Crippen molar-refractivity contribution < 1.29 is 95.6 Å². The van der Waals surface area contributed by atoms with Crippen LogP contribution in [0.25, 0.3) is 67.8 Å². The van der Waals surface area contributed by atoms with E-state index in [4.69, 9.17) is 20.5 Å². The van der Waals surface area contributed by atoms with Gasteiger partial charge < -0.3 is 0 Å². The zero-order valence-corrected chi connectivity index (χ0v) is 45.3. The van der Waals surface area contributed by atoms with Crippen molar-refractivity contribution in [3.63, 3.8) is 0 Å². The summed E-state index contributed by atoms with van der Waals surface area (Å²) in [6.07, 6.45) is 7.15. The molecule has 6 heterocycles. The third kappa shape index (κ3) is 36.9. The van der Waals surface area contributed by atoms with Gasteiger partial charge in [0.25, 0.3) is 0 Å². The van der Waals surface area contributed by atoms with E-state index in [1.807, 2.05) is 72.8 Å². The Morgan fingerprint density at radius 1 is 0.308 bits per heavy atom. The van der Waals surface area contributed by atoms with Crippen molar-refractivity contribution in [2.45, 2.75) is 27.7 Å². The fourth-order valence-electron chi connectivity index (χ4n) is 5.47. The zero-order valence-electron chi connectivity index (χ0n) is 40.2. The van der Waals surface area contributed by atoms with Crippen LogP contribution in [0.5, 0.6) is 0 Å². The first-order valence-corrected chi connectivity index (χ1v) is 27.0. The van der Waals surface area contributed by atoms with E-state index in [2.05, 4.69) is 107 Å². The summed E-state index contributed by atoms with van der Waals surface area (Å²) in [7, 11) is -32.0. The first-order chi connectivity index (χ1) is 34.8. The molecule has 30 heteroatoms. The molecule has 78 heavy (non-hydrogen) atoms. The topological polar surface area (TPSA) is 125 Å². The number of nitriles is 2. The number of rotatable bonds is 6. The van der Waals surface area contributed by atoms with Gasteiger partial charge >= 0.3 is 119 Å². The van der Waals surface area contributed by atoms with Gasteiger partial charge in [0.1, 0.15) is 0 Å². The molecule has 0 aliphatic carbocycles. The van der Waals surface area contributed by atoms with Crippen LogP contribution in [0.15, 0.2) is 170 Å². The van der Waals surface area contributed by atoms with Crippen LogP contribution in [0.2, 0.25) is 0 Å². The molecule has 0 N–H and O–H groups in total. The maximum Gasteiger partial charge on any atom is 3.00 e. The molecule has 0 saturated carbocycles.